The minimum Gasteiger partial charge on any atom is -0.496 e. The van der Waals surface area contributed by atoms with Crippen molar-refractivity contribution in [1.82, 2.24) is 14.9 Å². The molecule has 1 aliphatic heterocycles. The number of carbonyl (C=O) groups is 2. The fourth-order valence-electron chi connectivity index (χ4n) is 4.97. The van der Waals surface area contributed by atoms with Crippen LogP contribution >= 0.6 is 0 Å². The summed E-state index contributed by atoms with van der Waals surface area (Å²) in [6, 6.07) is 13.3. The lowest BCUT2D eigenvalue weighted by atomic mass is 10.00. The lowest BCUT2D eigenvalue weighted by molar-refractivity contribution is -0.119. The third kappa shape index (κ3) is 3.62. The normalized spacial score (nSPS) is 13.9. The van der Waals surface area contributed by atoms with Gasteiger partial charge in [0, 0.05) is 41.2 Å². The highest BCUT2D eigenvalue weighted by atomic mass is 19.1. The zero-order valence-corrected chi connectivity index (χ0v) is 20.4. The van der Waals surface area contributed by atoms with Crippen LogP contribution in [0.2, 0.25) is 0 Å². The van der Waals surface area contributed by atoms with Gasteiger partial charge in [0.05, 0.1) is 18.2 Å². The van der Waals surface area contributed by atoms with Gasteiger partial charge in [-0.05, 0) is 49.2 Å². The number of carbonyl (C=O) groups excluding carboxylic acids is 2. The molecule has 1 fully saturated rings. The van der Waals surface area contributed by atoms with Gasteiger partial charge in [0.25, 0.3) is 5.91 Å². The number of rotatable bonds is 5. The number of benzene rings is 3. The number of aromatic nitrogens is 3. The molecular formula is C27H23FN6O4. The number of hydrogen-bond acceptors (Lipinski definition) is 7. The molecule has 1 saturated heterocycles. The fourth-order valence-corrected chi connectivity index (χ4v) is 4.97. The highest BCUT2D eigenvalue weighted by Gasteiger charge is 2.25. The molecule has 4 N–H and O–H groups in total. The van der Waals surface area contributed by atoms with E-state index in [9.17, 15) is 9.59 Å². The summed E-state index contributed by atoms with van der Waals surface area (Å²) >= 11 is 0. The van der Waals surface area contributed by atoms with Crippen LogP contribution in [0.15, 0.2) is 53.1 Å². The van der Waals surface area contributed by atoms with Crippen LogP contribution in [-0.2, 0) is 4.79 Å². The Morgan fingerprint density at radius 2 is 1.84 bits per heavy atom. The Kier molecular flexibility index (Phi) is 5.48. The van der Waals surface area contributed by atoms with Gasteiger partial charge in [-0.3, -0.25) is 9.59 Å². The minimum absolute atomic E-state index is 0.0481. The van der Waals surface area contributed by atoms with E-state index in [1.807, 2.05) is 0 Å². The molecule has 0 spiro atoms. The highest BCUT2D eigenvalue weighted by Crippen LogP contribution is 2.39. The van der Waals surface area contributed by atoms with E-state index in [-0.39, 0.29) is 33.9 Å². The van der Waals surface area contributed by atoms with Gasteiger partial charge < -0.3 is 25.6 Å². The number of methoxy groups -OCH3 is 1. The molecule has 6 rings (SSSR count). The van der Waals surface area contributed by atoms with E-state index in [1.165, 1.54) is 11.8 Å². The summed E-state index contributed by atoms with van der Waals surface area (Å²) < 4.78 is 28.4. The maximum absolute atomic E-state index is 16.4. The summed E-state index contributed by atoms with van der Waals surface area (Å²) in [6.45, 7) is 0.623. The van der Waals surface area contributed by atoms with Crippen LogP contribution in [0.1, 0.15) is 29.8 Å². The van der Waals surface area contributed by atoms with Gasteiger partial charge in [0.15, 0.2) is 22.9 Å². The second-order valence-corrected chi connectivity index (χ2v) is 9.08. The molecular weight excluding hydrogens is 491 g/mol. The second-order valence-electron chi connectivity index (χ2n) is 9.08. The predicted molar refractivity (Wildman–Crippen MR) is 140 cm³/mol. The van der Waals surface area contributed by atoms with E-state index in [0.717, 1.165) is 12.8 Å². The first kappa shape index (κ1) is 23.5. The summed E-state index contributed by atoms with van der Waals surface area (Å²) in [4.78, 5) is 26.3. The van der Waals surface area contributed by atoms with Crippen LogP contribution in [-0.4, -0.2) is 40.4 Å². The molecule has 0 saturated carbocycles. The maximum atomic E-state index is 16.4. The van der Waals surface area contributed by atoms with Crippen molar-refractivity contribution in [2.45, 2.75) is 19.3 Å². The molecule has 2 aromatic heterocycles. The summed E-state index contributed by atoms with van der Waals surface area (Å²) in [6.07, 6.45) is 2.28. The number of piperidine rings is 1. The monoisotopic (exact) mass is 514 g/mol. The molecule has 3 aromatic carbocycles. The number of primary amides is 1. The number of amides is 2. The summed E-state index contributed by atoms with van der Waals surface area (Å²) in [5.41, 5.74) is 13.8. The van der Waals surface area contributed by atoms with E-state index in [0.29, 0.717) is 46.6 Å². The van der Waals surface area contributed by atoms with Crippen molar-refractivity contribution >= 4 is 45.2 Å². The molecule has 0 bridgehead atoms. The van der Waals surface area contributed by atoms with Crippen molar-refractivity contribution in [2.75, 3.05) is 24.3 Å². The molecule has 3 heterocycles. The zero-order valence-electron chi connectivity index (χ0n) is 20.4. The number of fused-ring (bicyclic) bond motifs is 2. The molecule has 2 amide bonds. The van der Waals surface area contributed by atoms with Gasteiger partial charge in [-0.2, -0.15) is 5.10 Å². The van der Waals surface area contributed by atoms with Crippen LogP contribution in [0.5, 0.6) is 5.75 Å². The van der Waals surface area contributed by atoms with Crippen molar-refractivity contribution in [2.24, 2.45) is 5.73 Å². The van der Waals surface area contributed by atoms with Gasteiger partial charge >= 0.3 is 0 Å². The topological polar surface area (TPSA) is 142 Å². The van der Waals surface area contributed by atoms with Crippen LogP contribution in [0.4, 0.5) is 15.9 Å². The second kappa shape index (κ2) is 8.87. The first-order valence-electron chi connectivity index (χ1n) is 12.0. The molecule has 5 aromatic rings. The predicted octanol–water partition coefficient (Wildman–Crippen LogP) is 4.18. The SMILES string of the molecule is COc1cc(N2CCCCC2=O)ccc1-c1ccc2c(C(N)=O)nn(-c3ccc4onc(N)c4c3)c2c1F. The fraction of sp³-hybridized carbons (Fsp3) is 0.185. The Hall–Kier alpha value is -4.93. The third-order valence-corrected chi connectivity index (χ3v) is 6.85. The largest absolute Gasteiger partial charge is 0.496 e. The molecule has 0 atom stereocenters. The standard InChI is InChI=1S/C27H23FN6O4/c1-37-21-13-14(33-11-3-2-4-22(33)35)5-7-16(21)17-8-9-18-24(27(30)36)31-34(25(18)23(17)28)15-6-10-20-19(12-15)26(29)32-38-20/h5-10,12-13H,2-4,11H2,1H3,(H2,29,32)(H2,30,36). The Morgan fingerprint density at radius 3 is 2.61 bits per heavy atom. The van der Waals surface area contributed by atoms with Crippen LogP contribution in [0.3, 0.4) is 0 Å². The van der Waals surface area contributed by atoms with Crippen LogP contribution < -0.4 is 21.1 Å². The van der Waals surface area contributed by atoms with Crippen molar-refractivity contribution in [3.63, 3.8) is 0 Å². The molecule has 192 valence electrons. The first-order valence-corrected chi connectivity index (χ1v) is 12.0. The van der Waals surface area contributed by atoms with Crippen LogP contribution in [0, 0.1) is 5.82 Å². The number of hydrogen-bond donors (Lipinski definition) is 2. The van der Waals surface area contributed by atoms with E-state index in [2.05, 4.69) is 10.3 Å². The summed E-state index contributed by atoms with van der Waals surface area (Å²) in [7, 11) is 1.49. The quantitative estimate of drug-likeness (QED) is 0.358. The lowest BCUT2D eigenvalue weighted by Crippen LogP contribution is -2.35. The maximum Gasteiger partial charge on any atom is 0.269 e. The van der Waals surface area contributed by atoms with Crippen molar-refractivity contribution in [1.29, 1.82) is 0 Å². The van der Waals surface area contributed by atoms with Gasteiger partial charge in [-0.15, -0.1) is 0 Å². The molecule has 1 aliphatic rings. The first-order chi connectivity index (χ1) is 18.4. The molecule has 0 radical (unpaired) electrons. The highest BCUT2D eigenvalue weighted by molar-refractivity contribution is 6.06. The lowest BCUT2D eigenvalue weighted by Gasteiger charge is -2.27. The number of anilines is 2. The number of nitrogens with two attached hydrogens (primary N) is 2. The summed E-state index contributed by atoms with van der Waals surface area (Å²) in [5, 5.41) is 8.86. The Balaban J connectivity index is 1.53. The van der Waals surface area contributed by atoms with Gasteiger partial charge in [0.1, 0.15) is 11.3 Å². The molecule has 11 heteroatoms. The van der Waals surface area contributed by atoms with E-state index in [1.54, 1.807) is 53.4 Å². The number of nitrogens with zero attached hydrogens (tertiary/aromatic N) is 4. The Bertz CT molecular complexity index is 1760. The zero-order chi connectivity index (χ0) is 26.6. The Labute approximate surface area is 215 Å². The number of ether oxygens (including phenoxy) is 1. The van der Waals surface area contributed by atoms with Crippen molar-refractivity contribution in [3.05, 3.63) is 60.0 Å². The number of halogens is 1. The van der Waals surface area contributed by atoms with E-state index < -0.39 is 11.7 Å². The van der Waals surface area contributed by atoms with Gasteiger partial charge in [-0.1, -0.05) is 11.2 Å². The molecule has 0 aliphatic carbocycles. The van der Waals surface area contributed by atoms with Gasteiger partial charge in [-0.25, -0.2) is 9.07 Å². The van der Waals surface area contributed by atoms with E-state index in [4.69, 9.17) is 20.7 Å². The molecule has 0 unspecified atom stereocenters. The van der Waals surface area contributed by atoms with Gasteiger partial charge in [0.2, 0.25) is 5.91 Å². The minimum atomic E-state index is -0.792. The average Bonchev–Trinajstić information content (AvgIpc) is 3.50. The smallest absolute Gasteiger partial charge is 0.269 e. The summed E-state index contributed by atoms with van der Waals surface area (Å²) in [5.74, 6) is -0.793. The van der Waals surface area contributed by atoms with E-state index >= 15 is 4.39 Å². The molecule has 38 heavy (non-hydrogen) atoms. The average molecular weight is 515 g/mol. The third-order valence-electron chi connectivity index (χ3n) is 6.85. The van der Waals surface area contributed by atoms with Crippen LogP contribution in [0.25, 0.3) is 38.7 Å². The van der Waals surface area contributed by atoms with Crippen molar-refractivity contribution < 1.29 is 23.2 Å². The number of nitrogen functional groups attached to an aromatic ring is 1. The Morgan fingerprint density at radius 1 is 1.05 bits per heavy atom. The molecule has 10 nitrogen and oxygen atoms in total. The van der Waals surface area contributed by atoms with Crippen molar-refractivity contribution in [3.8, 4) is 22.6 Å².